The third kappa shape index (κ3) is 6.99. The van der Waals surface area contributed by atoms with Crippen LogP contribution in [0.3, 0.4) is 0 Å². The van der Waals surface area contributed by atoms with E-state index >= 15 is 0 Å². The molecule has 0 unspecified atom stereocenters. The third-order valence-electron chi connectivity index (χ3n) is 7.04. The van der Waals surface area contributed by atoms with Gasteiger partial charge < -0.3 is 19.9 Å². The summed E-state index contributed by atoms with van der Waals surface area (Å²) in [5.74, 6) is -1.04. The van der Waals surface area contributed by atoms with Gasteiger partial charge in [-0.15, -0.1) is 0 Å². The van der Waals surface area contributed by atoms with E-state index in [9.17, 15) is 13.6 Å². The summed E-state index contributed by atoms with van der Waals surface area (Å²) in [6.45, 7) is 0.107. The summed E-state index contributed by atoms with van der Waals surface area (Å²) < 4.78 is 40.4. The van der Waals surface area contributed by atoms with Gasteiger partial charge in [0.25, 0.3) is 5.91 Å². The molecular weight excluding hydrogens is 597 g/mol. The quantitative estimate of drug-likeness (QED) is 0.179. The summed E-state index contributed by atoms with van der Waals surface area (Å²) in [6, 6.07) is 24.3. The number of aliphatic hydroxyl groups is 1. The number of halogens is 4. The average molecular weight is 625 g/mol. The van der Waals surface area contributed by atoms with Gasteiger partial charge in [-0.1, -0.05) is 59.6 Å². The zero-order valence-corrected chi connectivity index (χ0v) is 24.4. The normalized spacial score (nSPS) is 17.7. The van der Waals surface area contributed by atoms with Crippen molar-refractivity contribution in [3.8, 4) is 5.75 Å². The highest BCUT2D eigenvalue weighted by Crippen LogP contribution is 2.45. The maximum absolute atomic E-state index is 14.5. The number of hydrogen-bond donors (Lipinski definition) is 2. The predicted octanol–water partition coefficient (Wildman–Crippen LogP) is 6.85. The Hall–Kier alpha value is -3.98. The lowest BCUT2D eigenvalue weighted by atomic mass is 9.82. The van der Waals surface area contributed by atoms with Crippen molar-refractivity contribution in [2.24, 2.45) is 4.99 Å². The Bertz CT molecular complexity index is 1620. The van der Waals surface area contributed by atoms with Crippen LogP contribution >= 0.6 is 23.2 Å². The minimum absolute atomic E-state index is 0.0100. The molecule has 1 aliphatic heterocycles. The van der Waals surface area contributed by atoms with Gasteiger partial charge in [-0.2, -0.15) is 0 Å². The van der Waals surface area contributed by atoms with Crippen molar-refractivity contribution in [2.45, 2.75) is 31.0 Å². The van der Waals surface area contributed by atoms with E-state index in [1.54, 1.807) is 42.5 Å². The molecule has 2 N–H and O–H groups in total. The van der Waals surface area contributed by atoms with E-state index in [0.29, 0.717) is 34.9 Å². The minimum atomic E-state index is -1.59. The molecule has 0 fully saturated rings. The number of hydrogen-bond acceptors (Lipinski definition) is 5. The van der Waals surface area contributed by atoms with Crippen LogP contribution in [0.15, 0.2) is 96.0 Å². The number of rotatable bonds is 11. The van der Waals surface area contributed by atoms with Gasteiger partial charge >= 0.3 is 0 Å². The Balaban J connectivity index is 1.57. The van der Waals surface area contributed by atoms with Crippen LogP contribution in [-0.4, -0.2) is 35.7 Å². The van der Waals surface area contributed by atoms with Crippen molar-refractivity contribution in [3.63, 3.8) is 0 Å². The number of amides is 1. The van der Waals surface area contributed by atoms with Gasteiger partial charge in [0, 0.05) is 52.7 Å². The molecule has 1 aliphatic rings. The summed E-state index contributed by atoms with van der Waals surface area (Å²) in [7, 11) is 0. The van der Waals surface area contributed by atoms with E-state index in [1.807, 2.05) is 30.3 Å². The van der Waals surface area contributed by atoms with E-state index in [1.165, 1.54) is 0 Å². The molecule has 6 nitrogen and oxygen atoms in total. The van der Waals surface area contributed by atoms with Gasteiger partial charge in [0.15, 0.2) is 11.6 Å². The van der Waals surface area contributed by atoms with Crippen molar-refractivity contribution in [1.29, 1.82) is 0 Å². The molecule has 0 saturated heterocycles. The molecule has 4 aromatic carbocycles. The fraction of sp³-hybridized carbons (Fsp3) is 0.212. The minimum Gasteiger partial charge on any atom is -0.494 e. The zero-order valence-electron chi connectivity index (χ0n) is 22.9. The van der Waals surface area contributed by atoms with Crippen molar-refractivity contribution >= 4 is 35.0 Å². The van der Waals surface area contributed by atoms with E-state index in [2.05, 4.69) is 5.32 Å². The lowest BCUT2D eigenvalue weighted by Crippen LogP contribution is -2.49. The van der Waals surface area contributed by atoms with Crippen LogP contribution in [0.5, 0.6) is 5.75 Å². The molecule has 0 bridgehead atoms. The van der Waals surface area contributed by atoms with Gasteiger partial charge in [0.1, 0.15) is 17.4 Å². The maximum Gasteiger partial charge on any atom is 0.252 e. The molecule has 0 radical (unpaired) electrons. The number of carbonyl (C=O) groups excluding carboxylic acids is 1. The Morgan fingerprint density at radius 3 is 2.49 bits per heavy atom. The Morgan fingerprint density at radius 2 is 1.77 bits per heavy atom. The van der Waals surface area contributed by atoms with Gasteiger partial charge in [-0.05, 0) is 60.2 Å². The summed E-state index contributed by atoms with van der Waals surface area (Å²) in [4.78, 5) is 19.2. The number of benzene rings is 4. The lowest BCUT2D eigenvalue weighted by molar-refractivity contribution is -0.129. The zero-order chi connectivity index (χ0) is 30.4. The average Bonchev–Trinajstić information content (AvgIpc) is 3.38. The maximum atomic E-state index is 14.5. The van der Waals surface area contributed by atoms with Crippen molar-refractivity contribution in [1.82, 2.24) is 5.32 Å². The highest BCUT2D eigenvalue weighted by atomic mass is 35.5. The molecule has 0 spiro atoms. The van der Waals surface area contributed by atoms with Crippen LogP contribution in [-0.2, 0) is 22.5 Å². The lowest BCUT2D eigenvalue weighted by Gasteiger charge is -2.31. The summed E-state index contributed by atoms with van der Waals surface area (Å²) in [6.07, 6.45) is -0.385. The van der Waals surface area contributed by atoms with E-state index < -0.39 is 29.2 Å². The van der Waals surface area contributed by atoms with Gasteiger partial charge in [-0.3, -0.25) is 4.79 Å². The summed E-state index contributed by atoms with van der Waals surface area (Å²) >= 11 is 12.8. The number of carbonyl (C=O) groups is 1. The second-order valence-electron chi connectivity index (χ2n) is 10.0. The van der Waals surface area contributed by atoms with Crippen LogP contribution in [0.2, 0.25) is 10.0 Å². The Kier molecular flexibility index (Phi) is 9.60. The first-order valence-electron chi connectivity index (χ1n) is 13.6. The summed E-state index contributed by atoms with van der Waals surface area (Å²) in [5.41, 5.74) is 0.268. The van der Waals surface area contributed by atoms with Crippen LogP contribution in [0.4, 0.5) is 8.78 Å². The highest BCUT2D eigenvalue weighted by molar-refractivity contribution is 6.35. The molecule has 10 heteroatoms. The fourth-order valence-electron chi connectivity index (χ4n) is 4.89. The Morgan fingerprint density at radius 1 is 1.00 bits per heavy atom. The number of nitrogens with zero attached hydrogens (tertiary/aromatic N) is 1. The van der Waals surface area contributed by atoms with Crippen molar-refractivity contribution in [2.75, 3.05) is 13.2 Å². The molecule has 0 saturated carbocycles. The number of ether oxygens (including phenoxy) is 2. The smallest absolute Gasteiger partial charge is 0.252 e. The molecular formula is C33H28Cl2F2N2O4. The van der Waals surface area contributed by atoms with Crippen LogP contribution in [0.1, 0.15) is 34.8 Å². The van der Waals surface area contributed by atoms with Crippen LogP contribution in [0.25, 0.3) is 0 Å². The first-order chi connectivity index (χ1) is 20.8. The molecule has 5 rings (SSSR count). The third-order valence-corrected chi connectivity index (χ3v) is 7.60. The SMILES string of the molecule is O=C(NCc1cc(F)ccc1F)[C@]1(Cc2ccccc2)N=C(c2ccc(OCCCO)cc2)O[C@@H]1c1ccc(Cl)cc1Cl. The summed E-state index contributed by atoms with van der Waals surface area (Å²) in [5, 5.41) is 12.5. The topological polar surface area (TPSA) is 80.2 Å². The standard InChI is InChI=1S/C33H28Cl2F2N2O4/c34-24-9-13-27(28(35)18-24)30-33(19-21-5-2-1-3-6-21,32(41)38-20-23-17-25(36)10-14-29(23)37)39-31(43-30)22-7-11-26(12-8-22)42-16-4-15-40/h1-3,5-14,17-18,30,40H,4,15-16,19-20H2,(H,38,41)/t30-,33-/m1/s1. The Labute approximate surface area is 257 Å². The van der Waals surface area contributed by atoms with E-state index in [0.717, 1.165) is 23.8 Å². The fourth-order valence-corrected chi connectivity index (χ4v) is 5.40. The monoisotopic (exact) mass is 624 g/mol. The number of aliphatic imine (C=N–C) groups is 1. The first-order valence-corrected chi connectivity index (χ1v) is 14.4. The molecule has 0 aliphatic carbocycles. The molecule has 4 aromatic rings. The van der Waals surface area contributed by atoms with Gasteiger partial charge in [0.05, 0.1) is 6.61 Å². The van der Waals surface area contributed by atoms with Gasteiger partial charge in [-0.25, -0.2) is 13.8 Å². The molecule has 2 atom stereocenters. The first kappa shape index (κ1) is 30.5. The second kappa shape index (κ2) is 13.5. The number of aliphatic hydroxyl groups excluding tert-OH is 1. The predicted molar refractivity (Wildman–Crippen MR) is 162 cm³/mol. The second-order valence-corrected chi connectivity index (χ2v) is 10.9. The highest BCUT2D eigenvalue weighted by Gasteiger charge is 2.53. The number of nitrogens with one attached hydrogen (secondary N) is 1. The van der Waals surface area contributed by atoms with E-state index in [-0.39, 0.29) is 36.1 Å². The van der Waals surface area contributed by atoms with Gasteiger partial charge in [0.2, 0.25) is 5.90 Å². The van der Waals surface area contributed by atoms with E-state index in [4.69, 9.17) is 42.8 Å². The molecule has 222 valence electrons. The molecule has 1 heterocycles. The van der Waals surface area contributed by atoms with Crippen LogP contribution < -0.4 is 10.1 Å². The largest absolute Gasteiger partial charge is 0.494 e. The van der Waals surface area contributed by atoms with Crippen molar-refractivity contribution in [3.05, 3.63) is 135 Å². The molecule has 0 aromatic heterocycles. The molecule has 43 heavy (non-hydrogen) atoms. The molecule has 1 amide bonds. The van der Waals surface area contributed by atoms with Crippen LogP contribution in [0, 0.1) is 11.6 Å². The van der Waals surface area contributed by atoms with Crippen molar-refractivity contribution < 1.29 is 28.2 Å².